The molecule has 0 radical (unpaired) electrons. The smallest absolute Gasteiger partial charge is 0.0671 e. The first-order valence-corrected chi connectivity index (χ1v) is 6.63. The molecule has 0 bridgehead atoms. The summed E-state index contributed by atoms with van der Waals surface area (Å²) in [6.07, 6.45) is 0.919. The molecule has 0 saturated heterocycles. The number of benzene rings is 1. The fourth-order valence-corrected chi connectivity index (χ4v) is 2.08. The quantitative estimate of drug-likeness (QED) is 0.838. The topological polar surface area (TPSA) is 53.0 Å². The molecule has 2 N–H and O–H groups in total. The van der Waals surface area contributed by atoms with E-state index in [2.05, 4.69) is 36.9 Å². The third-order valence-corrected chi connectivity index (χ3v) is 3.21. The second-order valence-corrected chi connectivity index (χ2v) is 4.64. The summed E-state index contributed by atoms with van der Waals surface area (Å²) in [5.74, 6) is 0.0239. The van der Waals surface area contributed by atoms with E-state index in [1.807, 2.05) is 19.1 Å². The second-order valence-electron chi connectivity index (χ2n) is 4.64. The summed E-state index contributed by atoms with van der Waals surface area (Å²) in [6, 6.07) is 10.6. The average Bonchev–Trinajstić information content (AvgIpc) is 2.43. The molecule has 1 rings (SSSR count). The predicted octanol–water partition coefficient (Wildman–Crippen LogP) is 3.08. The maximum absolute atomic E-state index is 8.95. The first-order valence-electron chi connectivity index (χ1n) is 6.63. The molecule has 0 aromatic heterocycles. The molecule has 1 aromatic rings. The Kier molecular flexibility index (Phi) is 5.67. The van der Waals surface area contributed by atoms with Gasteiger partial charge in [0.05, 0.1) is 12.0 Å². The van der Waals surface area contributed by atoms with Gasteiger partial charge in [0, 0.05) is 24.8 Å². The fourth-order valence-electron chi connectivity index (χ4n) is 2.08. The van der Waals surface area contributed by atoms with Gasteiger partial charge in [-0.3, -0.25) is 0 Å². The summed E-state index contributed by atoms with van der Waals surface area (Å²) in [7, 11) is 0. The van der Waals surface area contributed by atoms with Crippen LogP contribution in [-0.4, -0.2) is 13.1 Å². The Morgan fingerprint density at radius 1 is 1.33 bits per heavy atom. The minimum Gasteiger partial charge on any atom is -0.370 e. The van der Waals surface area contributed by atoms with Gasteiger partial charge in [-0.15, -0.1) is 0 Å². The molecule has 0 saturated carbocycles. The van der Waals surface area contributed by atoms with Crippen LogP contribution in [0.3, 0.4) is 0 Å². The predicted molar refractivity (Wildman–Crippen MR) is 76.3 cm³/mol. The molecule has 0 amide bonds. The van der Waals surface area contributed by atoms with Gasteiger partial charge in [0.15, 0.2) is 0 Å². The highest BCUT2D eigenvalue weighted by molar-refractivity contribution is 5.55. The summed E-state index contributed by atoms with van der Waals surface area (Å²) in [5.41, 5.74) is 8.50. The summed E-state index contributed by atoms with van der Waals surface area (Å²) in [4.78, 5) is 2.23. The molecule has 0 fully saturated rings. The molecule has 3 nitrogen and oxygen atoms in total. The van der Waals surface area contributed by atoms with Crippen LogP contribution in [0, 0.1) is 17.2 Å². The normalized spacial score (nSPS) is 13.7. The number of nitrogens with two attached hydrogens (primary N) is 1. The van der Waals surface area contributed by atoms with Crippen LogP contribution in [0.25, 0.3) is 0 Å². The number of nitriles is 1. The Bertz CT molecular complexity index is 408. The van der Waals surface area contributed by atoms with Crippen molar-refractivity contribution < 1.29 is 0 Å². The third-order valence-electron chi connectivity index (χ3n) is 3.21. The highest BCUT2D eigenvalue weighted by Crippen LogP contribution is 2.27. The minimum atomic E-state index is 0.0239. The monoisotopic (exact) mass is 245 g/mol. The summed E-state index contributed by atoms with van der Waals surface area (Å²) >= 11 is 0. The van der Waals surface area contributed by atoms with Gasteiger partial charge in [-0.05, 0) is 31.9 Å². The maximum atomic E-state index is 8.95. The standard InChI is InChI=1S/C15H23N3/c1-4-14(17)13-8-6-7-9-15(13)18(5-2)11-12(3)10-16/h6-9,12,14H,4-5,11,17H2,1-3H3/t12?,14-/m0/s1. The number of anilines is 1. The number of rotatable bonds is 6. The van der Waals surface area contributed by atoms with Crippen molar-refractivity contribution in [2.24, 2.45) is 11.7 Å². The van der Waals surface area contributed by atoms with Gasteiger partial charge in [-0.1, -0.05) is 25.1 Å². The maximum Gasteiger partial charge on any atom is 0.0671 e. The number of hydrogen-bond acceptors (Lipinski definition) is 3. The van der Waals surface area contributed by atoms with Crippen molar-refractivity contribution in [3.63, 3.8) is 0 Å². The molecule has 0 spiro atoms. The lowest BCUT2D eigenvalue weighted by Gasteiger charge is -2.28. The zero-order valence-electron chi connectivity index (χ0n) is 11.6. The fraction of sp³-hybridized carbons (Fsp3) is 0.533. The Hall–Kier alpha value is -1.53. The van der Waals surface area contributed by atoms with E-state index in [4.69, 9.17) is 11.0 Å². The zero-order chi connectivity index (χ0) is 13.5. The van der Waals surface area contributed by atoms with Gasteiger partial charge in [-0.25, -0.2) is 0 Å². The van der Waals surface area contributed by atoms with E-state index < -0.39 is 0 Å². The highest BCUT2D eigenvalue weighted by atomic mass is 15.1. The minimum absolute atomic E-state index is 0.0239. The van der Waals surface area contributed by atoms with Crippen LogP contribution in [0.2, 0.25) is 0 Å². The Balaban J connectivity index is 3.02. The molecule has 98 valence electrons. The second kappa shape index (κ2) is 7.03. The summed E-state index contributed by atoms with van der Waals surface area (Å²) in [5, 5.41) is 8.95. The Labute approximate surface area is 110 Å². The van der Waals surface area contributed by atoms with E-state index in [9.17, 15) is 0 Å². The van der Waals surface area contributed by atoms with Gasteiger partial charge in [0.25, 0.3) is 0 Å². The molecule has 2 atom stereocenters. The lowest BCUT2D eigenvalue weighted by molar-refractivity contribution is 0.662. The molecular formula is C15H23N3. The lowest BCUT2D eigenvalue weighted by atomic mass is 10.0. The van der Waals surface area contributed by atoms with Crippen LogP contribution in [0.5, 0.6) is 0 Å². The van der Waals surface area contributed by atoms with Crippen molar-refractivity contribution in [3.8, 4) is 6.07 Å². The summed E-state index contributed by atoms with van der Waals surface area (Å²) < 4.78 is 0. The molecule has 1 aromatic carbocycles. The number of para-hydroxylation sites is 1. The first kappa shape index (κ1) is 14.5. The van der Waals surface area contributed by atoms with Crippen molar-refractivity contribution >= 4 is 5.69 Å². The van der Waals surface area contributed by atoms with Gasteiger partial charge in [-0.2, -0.15) is 5.26 Å². The highest BCUT2D eigenvalue weighted by Gasteiger charge is 2.15. The van der Waals surface area contributed by atoms with Crippen LogP contribution in [0.4, 0.5) is 5.69 Å². The SMILES string of the molecule is CC[C@H](N)c1ccccc1N(CC)CC(C)C#N. The van der Waals surface area contributed by atoms with E-state index >= 15 is 0 Å². The van der Waals surface area contributed by atoms with Gasteiger partial charge in [0.2, 0.25) is 0 Å². The van der Waals surface area contributed by atoms with Gasteiger partial charge in [0.1, 0.15) is 0 Å². The molecule has 18 heavy (non-hydrogen) atoms. The van der Waals surface area contributed by atoms with Gasteiger partial charge < -0.3 is 10.6 Å². The van der Waals surface area contributed by atoms with Crippen molar-refractivity contribution in [3.05, 3.63) is 29.8 Å². The molecule has 0 aliphatic carbocycles. The van der Waals surface area contributed by atoms with Gasteiger partial charge >= 0.3 is 0 Å². The molecule has 0 aliphatic rings. The first-order chi connectivity index (χ1) is 8.63. The van der Waals surface area contributed by atoms with Crippen LogP contribution < -0.4 is 10.6 Å². The molecule has 0 aliphatic heterocycles. The molecule has 3 heteroatoms. The van der Waals surface area contributed by atoms with Crippen molar-refractivity contribution in [1.82, 2.24) is 0 Å². The Morgan fingerprint density at radius 2 is 2.00 bits per heavy atom. The van der Waals surface area contributed by atoms with Crippen molar-refractivity contribution in [2.45, 2.75) is 33.2 Å². The number of nitrogens with zero attached hydrogens (tertiary/aromatic N) is 2. The van der Waals surface area contributed by atoms with Crippen LogP contribution >= 0.6 is 0 Å². The van der Waals surface area contributed by atoms with Crippen LogP contribution in [-0.2, 0) is 0 Å². The van der Waals surface area contributed by atoms with Crippen LogP contribution in [0.1, 0.15) is 38.8 Å². The van der Waals surface area contributed by atoms with Crippen LogP contribution in [0.15, 0.2) is 24.3 Å². The molecule has 0 heterocycles. The van der Waals surface area contributed by atoms with Crippen molar-refractivity contribution in [1.29, 1.82) is 5.26 Å². The third kappa shape index (κ3) is 3.48. The van der Waals surface area contributed by atoms with E-state index in [1.165, 1.54) is 5.56 Å². The van der Waals surface area contributed by atoms with E-state index in [-0.39, 0.29) is 12.0 Å². The molecular weight excluding hydrogens is 222 g/mol. The summed E-state index contributed by atoms with van der Waals surface area (Å²) in [6.45, 7) is 7.79. The average molecular weight is 245 g/mol. The largest absolute Gasteiger partial charge is 0.370 e. The zero-order valence-corrected chi connectivity index (χ0v) is 11.6. The Morgan fingerprint density at radius 3 is 2.56 bits per heavy atom. The number of hydrogen-bond donors (Lipinski definition) is 1. The van der Waals surface area contributed by atoms with E-state index in [1.54, 1.807) is 0 Å². The molecule has 1 unspecified atom stereocenters. The lowest BCUT2D eigenvalue weighted by Crippen LogP contribution is -2.29. The van der Waals surface area contributed by atoms with E-state index in [0.717, 1.165) is 25.2 Å². The van der Waals surface area contributed by atoms with E-state index in [0.29, 0.717) is 0 Å². The van der Waals surface area contributed by atoms with Crippen molar-refractivity contribution in [2.75, 3.05) is 18.0 Å².